The number of carbonyl (C=O) groups is 1. The van der Waals surface area contributed by atoms with Gasteiger partial charge in [-0.1, -0.05) is 6.07 Å². The standard InChI is InChI=1S/C14H19NO3/c1-9(14(16)18-3)15-13-7-5-10-4-6-11(17-2)8-12(10)13/h4,6,8-9,13,15H,5,7H2,1-3H3. The molecule has 1 aliphatic rings. The molecule has 2 unspecified atom stereocenters. The third-order valence-corrected chi connectivity index (χ3v) is 3.44. The maximum Gasteiger partial charge on any atom is 0.322 e. The van der Waals surface area contributed by atoms with Crippen molar-refractivity contribution < 1.29 is 14.3 Å². The van der Waals surface area contributed by atoms with Crippen molar-refractivity contribution >= 4 is 5.97 Å². The predicted molar refractivity (Wildman–Crippen MR) is 68.7 cm³/mol. The van der Waals surface area contributed by atoms with Crippen molar-refractivity contribution in [3.63, 3.8) is 0 Å². The number of hydrogen-bond acceptors (Lipinski definition) is 4. The Morgan fingerprint density at radius 2 is 2.22 bits per heavy atom. The van der Waals surface area contributed by atoms with Crippen molar-refractivity contribution in [1.82, 2.24) is 5.32 Å². The van der Waals surface area contributed by atoms with Crippen molar-refractivity contribution in [3.8, 4) is 5.75 Å². The van der Waals surface area contributed by atoms with Crippen LogP contribution >= 0.6 is 0 Å². The minimum atomic E-state index is -0.294. The first-order chi connectivity index (χ1) is 8.65. The van der Waals surface area contributed by atoms with E-state index in [0.29, 0.717) is 0 Å². The number of esters is 1. The Kier molecular flexibility index (Phi) is 3.87. The second kappa shape index (κ2) is 5.40. The Morgan fingerprint density at radius 1 is 1.44 bits per heavy atom. The first-order valence-electron chi connectivity index (χ1n) is 6.16. The summed E-state index contributed by atoms with van der Waals surface area (Å²) in [5, 5.41) is 3.31. The molecule has 0 saturated carbocycles. The van der Waals surface area contributed by atoms with Gasteiger partial charge in [-0.05, 0) is 43.0 Å². The van der Waals surface area contributed by atoms with Crippen LogP contribution in [-0.2, 0) is 16.0 Å². The molecule has 0 saturated heterocycles. The molecular formula is C14H19NO3. The fraction of sp³-hybridized carbons (Fsp3) is 0.500. The van der Waals surface area contributed by atoms with Crippen molar-refractivity contribution in [3.05, 3.63) is 29.3 Å². The summed E-state index contributed by atoms with van der Waals surface area (Å²) < 4.78 is 9.97. The maximum atomic E-state index is 11.4. The molecule has 0 radical (unpaired) electrons. The molecule has 2 rings (SSSR count). The highest BCUT2D eigenvalue weighted by molar-refractivity contribution is 5.75. The van der Waals surface area contributed by atoms with E-state index in [0.717, 1.165) is 18.6 Å². The maximum absolute atomic E-state index is 11.4. The lowest BCUT2D eigenvalue weighted by Crippen LogP contribution is -2.36. The van der Waals surface area contributed by atoms with Crippen molar-refractivity contribution in [1.29, 1.82) is 0 Å². The van der Waals surface area contributed by atoms with Crippen LogP contribution in [0.25, 0.3) is 0 Å². The van der Waals surface area contributed by atoms with E-state index in [4.69, 9.17) is 9.47 Å². The van der Waals surface area contributed by atoms with Gasteiger partial charge < -0.3 is 9.47 Å². The van der Waals surface area contributed by atoms with Crippen LogP contribution in [0.15, 0.2) is 18.2 Å². The lowest BCUT2D eigenvalue weighted by Gasteiger charge is -2.19. The summed E-state index contributed by atoms with van der Waals surface area (Å²) in [5.74, 6) is 0.625. The average Bonchev–Trinajstić information content (AvgIpc) is 2.80. The lowest BCUT2D eigenvalue weighted by molar-refractivity contribution is -0.142. The van der Waals surface area contributed by atoms with Gasteiger partial charge in [0.15, 0.2) is 0 Å². The molecule has 0 aliphatic heterocycles. The van der Waals surface area contributed by atoms with E-state index in [1.165, 1.54) is 18.2 Å². The summed E-state index contributed by atoms with van der Waals surface area (Å²) >= 11 is 0. The second-order valence-electron chi connectivity index (χ2n) is 4.57. The number of rotatable bonds is 4. The molecule has 0 amide bonds. The SMILES string of the molecule is COC(=O)C(C)NC1CCc2ccc(OC)cc21. The van der Waals surface area contributed by atoms with Crippen LogP contribution in [0.3, 0.4) is 0 Å². The third kappa shape index (κ3) is 2.48. The molecule has 4 nitrogen and oxygen atoms in total. The molecule has 0 aromatic heterocycles. The highest BCUT2D eigenvalue weighted by atomic mass is 16.5. The van der Waals surface area contributed by atoms with Gasteiger partial charge in [0.05, 0.1) is 14.2 Å². The topological polar surface area (TPSA) is 47.6 Å². The Hall–Kier alpha value is -1.55. The zero-order valence-corrected chi connectivity index (χ0v) is 11.0. The Balaban J connectivity index is 2.13. The van der Waals surface area contributed by atoms with Gasteiger partial charge in [-0.25, -0.2) is 0 Å². The molecule has 4 heteroatoms. The van der Waals surface area contributed by atoms with Gasteiger partial charge in [-0.2, -0.15) is 0 Å². The minimum absolute atomic E-state index is 0.198. The van der Waals surface area contributed by atoms with Crippen molar-refractivity contribution in [2.45, 2.75) is 31.8 Å². The van der Waals surface area contributed by atoms with Gasteiger partial charge in [0, 0.05) is 6.04 Å². The highest BCUT2D eigenvalue weighted by Crippen LogP contribution is 2.33. The summed E-state index contributed by atoms with van der Waals surface area (Å²) in [6.45, 7) is 1.82. The summed E-state index contributed by atoms with van der Waals surface area (Å²) in [6, 6.07) is 6.02. The summed E-state index contributed by atoms with van der Waals surface area (Å²) in [6.07, 6.45) is 2.04. The van der Waals surface area contributed by atoms with E-state index in [2.05, 4.69) is 11.4 Å². The number of nitrogens with one attached hydrogen (secondary N) is 1. The Bertz CT molecular complexity index is 445. The summed E-state index contributed by atoms with van der Waals surface area (Å²) in [7, 11) is 3.07. The van der Waals surface area contributed by atoms with Gasteiger partial charge in [-0.3, -0.25) is 10.1 Å². The molecule has 1 aromatic carbocycles. The molecule has 98 valence electrons. The van der Waals surface area contributed by atoms with Gasteiger partial charge in [0.1, 0.15) is 11.8 Å². The minimum Gasteiger partial charge on any atom is -0.497 e. The molecule has 0 heterocycles. The number of methoxy groups -OCH3 is 2. The van der Waals surface area contributed by atoms with E-state index < -0.39 is 0 Å². The van der Waals surface area contributed by atoms with Crippen LogP contribution in [-0.4, -0.2) is 26.2 Å². The molecule has 1 N–H and O–H groups in total. The molecule has 0 spiro atoms. The molecule has 0 bridgehead atoms. The van der Waals surface area contributed by atoms with E-state index in [-0.39, 0.29) is 18.1 Å². The van der Waals surface area contributed by atoms with Gasteiger partial charge >= 0.3 is 5.97 Å². The zero-order chi connectivity index (χ0) is 13.1. The molecule has 2 atom stereocenters. The molecule has 0 fully saturated rings. The monoisotopic (exact) mass is 249 g/mol. The predicted octanol–water partition coefficient (Wildman–Crippen LogP) is 1.83. The fourth-order valence-electron chi connectivity index (χ4n) is 2.43. The average molecular weight is 249 g/mol. The highest BCUT2D eigenvalue weighted by Gasteiger charge is 2.26. The fourth-order valence-corrected chi connectivity index (χ4v) is 2.43. The Morgan fingerprint density at radius 3 is 2.89 bits per heavy atom. The van der Waals surface area contributed by atoms with E-state index in [9.17, 15) is 4.79 Å². The van der Waals surface area contributed by atoms with Crippen LogP contribution in [0, 0.1) is 0 Å². The van der Waals surface area contributed by atoms with Crippen molar-refractivity contribution in [2.75, 3.05) is 14.2 Å². The first kappa shape index (κ1) is 12.9. The van der Waals surface area contributed by atoms with Gasteiger partial charge in [-0.15, -0.1) is 0 Å². The molecule has 1 aromatic rings. The zero-order valence-electron chi connectivity index (χ0n) is 11.0. The number of carbonyl (C=O) groups excluding carboxylic acids is 1. The van der Waals surface area contributed by atoms with E-state index >= 15 is 0 Å². The summed E-state index contributed by atoms with van der Waals surface area (Å²) in [4.78, 5) is 11.4. The largest absolute Gasteiger partial charge is 0.497 e. The molecular weight excluding hydrogens is 230 g/mol. The Labute approximate surface area is 107 Å². The number of hydrogen-bond donors (Lipinski definition) is 1. The number of ether oxygens (including phenoxy) is 2. The lowest BCUT2D eigenvalue weighted by atomic mass is 10.1. The van der Waals surface area contributed by atoms with Crippen LogP contribution in [0.4, 0.5) is 0 Å². The number of benzene rings is 1. The summed E-state index contributed by atoms with van der Waals surface area (Å²) in [5.41, 5.74) is 2.55. The van der Waals surface area contributed by atoms with Gasteiger partial charge in [0.2, 0.25) is 0 Å². The third-order valence-electron chi connectivity index (χ3n) is 3.44. The van der Waals surface area contributed by atoms with Crippen LogP contribution in [0.1, 0.15) is 30.5 Å². The van der Waals surface area contributed by atoms with Gasteiger partial charge in [0.25, 0.3) is 0 Å². The normalized spacial score (nSPS) is 19.2. The molecule has 1 aliphatic carbocycles. The van der Waals surface area contributed by atoms with Crippen LogP contribution < -0.4 is 10.1 Å². The second-order valence-corrected chi connectivity index (χ2v) is 4.57. The first-order valence-corrected chi connectivity index (χ1v) is 6.16. The number of fused-ring (bicyclic) bond motifs is 1. The van der Waals surface area contributed by atoms with Crippen LogP contribution in [0.5, 0.6) is 5.75 Å². The smallest absolute Gasteiger partial charge is 0.322 e. The quantitative estimate of drug-likeness (QED) is 0.827. The van der Waals surface area contributed by atoms with E-state index in [1.54, 1.807) is 7.11 Å². The number of aryl methyl sites for hydroxylation is 1. The van der Waals surface area contributed by atoms with Crippen LogP contribution in [0.2, 0.25) is 0 Å². The van der Waals surface area contributed by atoms with E-state index in [1.807, 2.05) is 19.1 Å². The van der Waals surface area contributed by atoms with Crippen molar-refractivity contribution in [2.24, 2.45) is 0 Å². The molecule has 18 heavy (non-hydrogen) atoms.